The van der Waals surface area contributed by atoms with E-state index in [1.54, 1.807) is 12.0 Å². The molecule has 0 unspecified atom stereocenters. The lowest BCUT2D eigenvalue weighted by atomic mass is 9.70. The van der Waals surface area contributed by atoms with Gasteiger partial charge in [-0.15, -0.1) is 0 Å². The fraction of sp³-hybridized carbons (Fsp3) is 0.500. The van der Waals surface area contributed by atoms with E-state index in [4.69, 9.17) is 14.2 Å². The summed E-state index contributed by atoms with van der Waals surface area (Å²) in [4.78, 5) is 29.3. The molecule has 2 saturated heterocycles. The van der Waals surface area contributed by atoms with Crippen LogP contribution in [-0.4, -0.2) is 61.7 Å². The first-order valence-corrected chi connectivity index (χ1v) is 12.8. The molecule has 4 aliphatic heterocycles. The van der Waals surface area contributed by atoms with Crippen molar-refractivity contribution in [3.63, 3.8) is 0 Å². The molecule has 4 aliphatic rings. The number of hydrogen-bond acceptors (Lipinski definition) is 6. The third-order valence-corrected chi connectivity index (χ3v) is 8.22. The van der Waals surface area contributed by atoms with Crippen molar-refractivity contribution in [2.75, 3.05) is 43.5 Å². The molecule has 1 N–H and O–H groups in total. The lowest BCUT2D eigenvalue weighted by molar-refractivity contribution is -0.187. The number of para-hydroxylation sites is 3. The van der Waals surface area contributed by atoms with Gasteiger partial charge in [0.05, 0.1) is 37.2 Å². The Morgan fingerprint density at radius 3 is 2.86 bits per heavy atom. The summed E-state index contributed by atoms with van der Waals surface area (Å²) in [6.07, 6.45) is 1.96. The Morgan fingerprint density at radius 1 is 1.19 bits per heavy atom. The summed E-state index contributed by atoms with van der Waals surface area (Å²) >= 11 is 0. The van der Waals surface area contributed by atoms with Crippen molar-refractivity contribution >= 4 is 23.2 Å². The van der Waals surface area contributed by atoms with Crippen LogP contribution >= 0.6 is 0 Å². The minimum absolute atomic E-state index is 0.0309. The van der Waals surface area contributed by atoms with Crippen LogP contribution in [0.3, 0.4) is 0 Å². The van der Waals surface area contributed by atoms with Crippen molar-refractivity contribution in [3.05, 3.63) is 48.0 Å². The Bertz CT molecular complexity index is 1200. The molecule has 2 aromatic rings. The van der Waals surface area contributed by atoms with E-state index >= 15 is 0 Å². The molecule has 2 aromatic carbocycles. The number of carbonyl (C=O) groups is 2. The third kappa shape index (κ3) is 3.92. The van der Waals surface area contributed by atoms with Gasteiger partial charge in [-0.25, -0.2) is 0 Å². The number of nitrogens with one attached hydrogen (secondary N) is 1. The molecule has 0 spiro atoms. The number of hydrogen-bond donors (Lipinski definition) is 1. The lowest BCUT2D eigenvalue weighted by Crippen LogP contribution is -2.56. The van der Waals surface area contributed by atoms with Crippen molar-refractivity contribution in [1.29, 1.82) is 0 Å². The van der Waals surface area contributed by atoms with E-state index in [1.807, 2.05) is 36.4 Å². The standard InChI is InChI=1S/C28H33N3O5/c1-28(2)19-13-17-14-30(16-25(33)31-15-24(32)29-20-8-4-5-9-21(20)31)12-11-22(17)35-26(19)18-7-6-10-23(34-3)27(18)36-28/h4-10,17,19,22,26H,11-16H2,1-3H3,(H,29,32)/t17-,19+,22+,26-/m1/s1. The number of anilines is 2. The van der Waals surface area contributed by atoms with Gasteiger partial charge in [-0.3, -0.25) is 19.4 Å². The summed E-state index contributed by atoms with van der Waals surface area (Å²) in [5, 5.41) is 2.85. The number of nitrogens with zero attached hydrogens (tertiary/aromatic N) is 2. The molecule has 190 valence electrons. The van der Waals surface area contributed by atoms with Crippen LogP contribution in [0.1, 0.15) is 38.4 Å². The number of fused-ring (bicyclic) bond motifs is 5. The van der Waals surface area contributed by atoms with Crippen LogP contribution < -0.4 is 19.7 Å². The summed E-state index contributed by atoms with van der Waals surface area (Å²) in [5.41, 5.74) is 2.11. The summed E-state index contributed by atoms with van der Waals surface area (Å²) < 4.78 is 18.8. The molecule has 0 aliphatic carbocycles. The number of rotatable bonds is 3. The molecule has 0 radical (unpaired) electrons. The second-order valence-electron chi connectivity index (χ2n) is 10.9. The molecule has 0 bridgehead atoms. The van der Waals surface area contributed by atoms with Gasteiger partial charge in [0.1, 0.15) is 12.1 Å². The maximum absolute atomic E-state index is 13.3. The van der Waals surface area contributed by atoms with Crippen molar-refractivity contribution in [2.24, 2.45) is 11.8 Å². The molecule has 2 fully saturated rings. The van der Waals surface area contributed by atoms with E-state index in [-0.39, 0.29) is 36.5 Å². The van der Waals surface area contributed by atoms with Crippen LogP contribution in [0.5, 0.6) is 11.5 Å². The molecule has 36 heavy (non-hydrogen) atoms. The van der Waals surface area contributed by atoms with E-state index in [9.17, 15) is 9.59 Å². The van der Waals surface area contributed by atoms with Gasteiger partial charge in [-0.2, -0.15) is 0 Å². The first kappa shape index (κ1) is 23.3. The van der Waals surface area contributed by atoms with Gasteiger partial charge in [0.2, 0.25) is 11.8 Å². The Morgan fingerprint density at radius 2 is 2.03 bits per heavy atom. The number of carbonyl (C=O) groups excluding carboxylic acids is 2. The number of methoxy groups -OCH3 is 1. The van der Waals surface area contributed by atoms with Crippen LogP contribution in [0.2, 0.25) is 0 Å². The Labute approximate surface area is 211 Å². The summed E-state index contributed by atoms with van der Waals surface area (Å²) in [7, 11) is 1.67. The van der Waals surface area contributed by atoms with Crippen LogP contribution in [0.4, 0.5) is 11.4 Å². The average molecular weight is 492 g/mol. The highest BCUT2D eigenvalue weighted by atomic mass is 16.5. The van der Waals surface area contributed by atoms with Crippen LogP contribution in [0, 0.1) is 11.8 Å². The molecule has 8 nitrogen and oxygen atoms in total. The second-order valence-corrected chi connectivity index (χ2v) is 10.9. The van der Waals surface area contributed by atoms with Gasteiger partial charge in [0.15, 0.2) is 11.5 Å². The number of likely N-dealkylation sites (tertiary alicyclic amines) is 1. The van der Waals surface area contributed by atoms with E-state index in [1.165, 1.54) is 0 Å². The summed E-state index contributed by atoms with van der Waals surface area (Å²) in [5.74, 6) is 1.84. The number of benzene rings is 2. The van der Waals surface area contributed by atoms with Gasteiger partial charge in [0.25, 0.3) is 0 Å². The topological polar surface area (TPSA) is 80.3 Å². The van der Waals surface area contributed by atoms with Crippen LogP contribution in [-0.2, 0) is 14.3 Å². The quantitative estimate of drug-likeness (QED) is 0.707. The number of amides is 2. The highest BCUT2D eigenvalue weighted by Crippen LogP contribution is 2.55. The molecule has 4 heterocycles. The van der Waals surface area contributed by atoms with E-state index < -0.39 is 5.60 Å². The van der Waals surface area contributed by atoms with E-state index in [0.717, 1.165) is 48.7 Å². The molecule has 2 amide bonds. The van der Waals surface area contributed by atoms with E-state index in [0.29, 0.717) is 18.2 Å². The minimum atomic E-state index is -0.403. The van der Waals surface area contributed by atoms with Gasteiger partial charge in [0, 0.05) is 24.6 Å². The molecule has 6 rings (SSSR count). The molecular formula is C28H33N3O5. The smallest absolute Gasteiger partial charge is 0.244 e. The number of ether oxygens (including phenoxy) is 3. The highest BCUT2D eigenvalue weighted by molar-refractivity contribution is 6.10. The predicted molar refractivity (Wildman–Crippen MR) is 135 cm³/mol. The molecule has 4 atom stereocenters. The van der Waals surface area contributed by atoms with Crippen molar-refractivity contribution in [3.8, 4) is 11.5 Å². The normalized spacial score (nSPS) is 28.5. The van der Waals surface area contributed by atoms with Crippen molar-refractivity contribution in [2.45, 2.75) is 44.5 Å². The maximum atomic E-state index is 13.3. The first-order chi connectivity index (χ1) is 17.3. The largest absolute Gasteiger partial charge is 0.493 e. The minimum Gasteiger partial charge on any atom is -0.493 e. The molecule has 8 heteroatoms. The third-order valence-electron chi connectivity index (χ3n) is 8.22. The Balaban J connectivity index is 1.17. The summed E-state index contributed by atoms with van der Waals surface area (Å²) in [6, 6.07) is 13.5. The molecular weight excluding hydrogens is 458 g/mol. The Hall–Kier alpha value is -3.10. The highest BCUT2D eigenvalue weighted by Gasteiger charge is 2.52. The predicted octanol–water partition coefficient (Wildman–Crippen LogP) is 3.62. The molecule has 0 aromatic heterocycles. The lowest BCUT2D eigenvalue weighted by Gasteiger charge is -2.53. The zero-order valence-electron chi connectivity index (χ0n) is 21.0. The maximum Gasteiger partial charge on any atom is 0.244 e. The zero-order chi connectivity index (χ0) is 25.0. The van der Waals surface area contributed by atoms with Gasteiger partial charge < -0.3 is 19.5 Å². The average Bonchev–Trinajstić information content (AvgIpc) is 2.87. The molecule has 0 saturated carbocycles. The Kier molecular flexibility index (Phi) is 5.68. The van der Waals surface area contributed by atoms with Gasteiger partial charge in [-0.1, -0.05) is 24.3 Å². The van der Waals surface area contributed by atoms with E-state index in [2.05, 4.69) is 30.1 Å². The van der Waals surface area contributed by atoms with Crippen molar-refractivity contribution < 1.29 is 23.8 Å². The van der Waals surface area contributed by atoms with Gasteiger partial charge in [-0.05, 0) is 50.8 Å². The van der Waals surface area contributed by atoms with Crippen LogP contribution in [0.25, 0.3) is 0 Å². The fourth-order valence-electron chi connectivity index (χ4n) is 6.40. The monoisotopic (exact) mass is 491 g/mol. The zero-order valence-corrected chi connectivity index (χ0v) is 21.0. The SMILES string of the molecule is COc1cccc2c1OC(C)(C)[C@H]1C[C@@H]3CN(CC(=O)N4CC(=O)Nc5ccccc54)CC[C@@H]3O[C@H]21. The fourth-order valence-corrected chi connectivity index (χ4v) is 6.40. The summed E-state index contributed by atoms with van der Waals surface area (Å²) in [6.45, 7) is 6.19. The first-order valence-electron chi connectivity index (χ1n) is 12.8. The van der Waals surface area contributed by atoms with Crippen molar-refractivity contribution in [1.82, 2.24) is 4.90 Å². The number of piperidine rings is 1. The second kappa shape index (κ2) is 8.78. The van der Waals surface area contributed by atoms with Gasteiger partial charge >= 0.3 is 0 Å². The van der Waals surface area contributed by atoms with Crippen LogP contribution in [0.15, 0.2) is 42.5 Å².